The molecule has 1 aromatic carbocycles. The maximum absolute atomic E-state index is 12.0. The van der Waals surface area contributed by atoms with Gasteiger partial charge in [0.1, 0.15) is 5.75 Å². The van der Waals surface area contributed by atoms with Crippen molar-refractivity contribution >= 4 is 27.6 Å². The van der Waals surface area contributed by atoms with Crippen LogP contribution in [0.25, 0.3) is 0 Å². The van der Waals surface area contributed by atoms with Crippen molar-refractivity contribution in [2.45, 2.75) is 13.3 Å². The normalized spacial score (nSPS) is 10.9. The fraction of sp³-hybridized carbons (Fsp3) is 0.300. The van der Waals surface area contributed by atoms with Crippen LogP contribution in [0.15, 0.2) is 22.7 Å². The predicted octanol–water partition coefficient (Wildman–Crippen LogP) is 3.49. The van der Waals surface area contributed by atoms with Gasteiger partial charge in [0.25, 0.3) is 0 Å². The van der Waals surface area contributed by atoms with Crippen molar-refractivity contribution in [3.05, 3.63) is 22.7 Å². The average molecular weight is 327 g/mol. The molecule has 0 bridgehead atoms. The summed E-state index contributed by atoms with van der Waals surface area (Å²) < 4.78 is 39.9. The minimum Gasteiger partial charge on any atom is -0.405 e. The van der Waals surface area contributed by atoms with E-state index < -0.39 is 12.4 Å². The highest BCUT2D eigenvalue weighted by Crippen LogP contribution is 2.32. The van der Waals surface area contributed by atoms with Crippen molar-refractivity contribution in [2.75, 3.05) is 11.9 Å². The molecule has 2 N–H and O–H groups in total. The van der Waals surface area contributed by atoms with Gasteiger partial charge in [-0.1, -0.05) is 0 Å². The fourth-order valence-electron chi connectivity index (χ4n) is 1.12. The van der Waals surface area contributed by atoms with Gasteiger partial charge in [0.2, 0.25) is 0 Å². The van der Waals surface area contributed by atoms with Gasteiger partial charge < -0.3 is 15.4 Å². The van der Waals surface area contributed by atoms with E-state index in [-0.39, 0.29) is 10.2 Å². The minimum absolute atomic E-state index is 0.0918. The number of amides is 2. The molecule has 0 spiro atoms. The Hall–Kier alpha value is -1.44. The van der Waals surface area contributed by atoms with Crippen LogP contribution >= 0.6 is 15.9 Å². The second-order valence-corrected chi connectivity index (χ2v) is 4.03. The van der Waals surface area contributed by atoms with E-state index in [0.717, 1.165) is 6.07 Å². The Morgan fingerprint density at radius 1 is 1.44 bits per heavy atom. The zero-order valence-corrected chi connectivity index (χ0v) is 10.9. The molecule has 0 saturated heterocycles. The molecule has 4 nitrogen and oxygen atoms in total. The molecular weight excluding hydrogens is 317 g/mol. The first-order valence-corrected chi connectivity index (χ1v) is 5.71. The van der Waals surface area contributed by atoms with Crippen LogP contribution in [0.3, 0.4) is 0 Å². The Morgan fingerprint density at radius 2 is 2.11 bits per heavy atom. The van der Waals surface area contributed by atoms with Gasteiger partial charge in [-0.3, -0.25) is 0 Å². The SMILES string of the molecule is CCNC(=O)Nc1ccc(OC(F)(F)F)c(Br)c1. The molecule has 8 heteroatoms. The third kappa shape index (κ3) is 4.82. The number of urea groups is 1. The topological polar surface area (TPSA) is 50.4 Å². The summed E-state index contributed by atoms with van der Waals surface area (Å²) in [6, 6.07) is 3.30. The maximum atomic E-state index is 12.0. The Balaban J connectivity index is 2.76. The molecule has 1 aromatic rings. The molecule has 0 aromatic heterocycles. The molecule has 0 fully saturated rings. The molecule has 18 heavy (non-hydrogen) atoms. The van der Waals surface area contributed by atoms with Crippen LogP contribution < -0.4 is 15.4 Å². The summed E-state index contributed by atoms with van der Waals surface area (Å²) in [5.41, 5.74) is 0.349. The van der Waals surface area contributed by atoms with Crippen molar-refractivity contribution in [1.82, 2.24) is 5.32 Å². The average Bonchev–Trinajstić information content (AvgIpc) is 2.21. The maximum Gasteiger partial charge on any atom is 0.573 e. The highest BCUT2D eigenvalue weighted by Gasteiger charge is 2.31. The summed E-state index contributed by atoms with van der Waals surface area (Å²) in [5, 5.41) is 4.95. The predicted molar refractivity (Wildman–Crippen MR) is 63.5 cm³/mol. The van der Waals surface area contributed by atoms with Crippen molar-refractivity contribution in [3.8, 4) is 5.75 Å². The number of ether oxygens (including phenoxy) is 1. The lowest BCUT2D eigenvalue weighted by Crippen LogP contribution is -2.28. The molecule has 1 rings (SSSR count). The van der Waals surface area contributed by atoms with Gasteiger partial charge in [-0.15, -0.1) is 13.2 Å². The summed E-state index contributed by atoms with van der Waals surface area (Å²) >= 11 is 2.93. The van der Waals surface area contributed by atoms with E-state index in [2.05, 4.69) is 31.3 Å². The molecule has 0 unspecified atom stereocenters. The first kappa shape index (κ1) is 14.6. The Labute approximate surface area is 110 Å². The first-order chi connectivity index (χ1) is 8.31. The van der Waals surface area contributed by atoms with Gasteiger partial charge in [0.05, 0.1) is 4.47 Å². The van der Waals surface area contributed by atoms with Gasteiger partial charge in [-0.2, -0.15) is 0 Å². The number of rotatable bonds is 3. The number of carbonyl (C=O) groups excluding carboxylic acids is 1. The molecule has 0 aliphatic carbocycles. The highest BCUT2D eigenvalue weighted by atomic mass is 79.9. The lowest BCUT2D eigenvalue weighted by molar-refractivity contribution is -0.274. The van der Waals surface area contributed by atoms with Crippen molar-refractivity contribution in [1.29, 1.82) is 0 Å². The van der Waals surface area contributed by atoms with E-state index in [4.69, 9.17) is 0 Å². The second-order valence-electron chi connectivity index (χ2n) is 3.18. The van der Waals surface area contributed by atoms with Crippen LogP contribution in [0.5, 0.6) is 5.75 Å². The summed E-state index contributed by atoms with van der Waals surface area (Å²) in [5.74, 6) is -0.371. The smallest absolute Gasteiger partial charge is 0.405 e. The van der Waals surface area contributed by atoms with E-state index in [1.54, 1.807) is 6.92 Å². The molecule has 2 amide bonds. The third-order valence-electron chi connectivity index (χ3n) is 1.75. The van der Waals surface area contributed by atoms with Crippen LogP contribution in [-0.4, -0.2) is 18.9 Å². The van der Waals surface area contributed by atoms with Gasteiger partial charge in [-0.25, -0.2) is 4.79 Å². The molecule has 0 saturated carbocycles. The van der Waals surface area contributed by atoms with Gasteiger partial charge >= 0.3 is 12.4 Å². The number of halogens is 4. The third-order valence-corrected chi connectivity index (χ3v) is 2.37. The lowest BCUT2D eigenvalue weighted by Gasteiger charge is -2.12. The van der Waals surface area contributed by atoms with Crippen LogP contribution in [-0.2, 0) is 0 Å². The molecule has 0 aliphatic heterocycles. The van der Waals surface area contributed by atoms with Crippen LogP contribution in [0.2, 0.25) is 0 Å². The monoisotopic (exact) mass is 326 g/mol. The van der Waals surface area contributed by atoms with E-state index in [1.807, 2.05) is 0 Å². The number of alkyl halides is 3. The number of carbonyl (C=O) groups is 1. The Kier molecular flexibility index (Phi) is 4.83. The zero-order valence-electron chi connectivity index (χ0n) is 9.27. The van der Waals surface area contributed by atoms with Gasteiger partial charge in [0.15, 0.2) is 0 Å². The summed E-state index contributed by atoms with van der Waals surface area (Å²) in [6.07, 6.45) is -4.75. The number of nitrogens with one attached hydrogen (secondary N) is 2. The van der Waals surface area contributed by atoms with Crippen molar-refractivity contribution in [2.24, 2.45) is 0 Å². The van der Waals surface area contributed by atoms with Crippen LogP contribution in [0, 0.1) is 0 Å². The molecule has 100 valence electrons. The second kappa shape index (κ2) is 5.94. The van der Waals surface area contributed by atoms with E-state index in [1.165, 1.54) is 12.1 Å². The zero-order chi connectivity index (χ0) is 13.8. The number of hydrogen-bond acceptors (Lipinski definition) is 2. The fourth-order valence-corrected chi connectivity index (χ4v) is 1.58. The largest absolute Gasteiger partial charge is 0.573 e. The van der Waals surface area contributed by atoms with Gasteiger partial charge in [-0.05, 0) is 41.1 Å². The Bertz CT molecular complexity index is 438. The van der Waals surface area contributed by atoms with E-state index >= 15 is 0 Å². The number of hydrogen-bond donors (Lipinski definition) is 2. The summed E-state index contributed by atoms with van der Waals surface area (Å²) in [4.78, 5) is 11.2. The van der Waals surface area contributed by atoms with E-state index in [9.17, 15) is 18.0 Å². The van der Waals surface area contributed by atoms with Crippen molar-refractivity contribution in [3.63, 3.8) is 0 Å². The molecule has 0 heterocycles. The molecule has 0 atom stereocenters. The standard InChI is InChI=1S/C10H10BrF3N2O2/c1-2-15-9(17)16-6-3-4-8(7(11)5-6)18-10(12,13)14/h3-5H,2H2,1H3,(H2,15,16,17). The van der Waals surface area contributed by atoms with Crippen LogP contribution in [0.4, 0.5) is 23.7 Å². The Morgan fingerprint density at radius 3 is 2.61 bits per heavy atom. The first-order valence-electron chi connectivity index (χ1n) is 4.92. The summed E-state index contributed by atoms with van der Waals surface area (Å²) in [6.45, 7) is 2.19. The lowest BCUT2D eigenvalue weighted by atomic mass is 10.3. The number of anilines is 1. The molecular formula is C10H10BrF3N2O2. The van der Waals surface area contributed by atoms with E-state index in [0.29, 0.717) is 12.2 Å². The summed E-state index contributed by atoms with van der Waals surface area (Å²) in [7, 11) is 0. The molecule has 0 aliphatic rings. The van der Waals surface area contributed by atoms with Crippen molar-refractivity contribution < 1.29 is 22.7 Å². The minimum atomic E-state index is -4.75. The quantitative estimate of drug-likeness (QED) is 0.893. The van der Waals surface area contributed by atoms with Gasteiger partial charge in [0, 0.05) is 12.2 Å². The molecule has 0 radical (unpaired) electrons. The van der Waals surface area contributed by atoms with Crippen LogP contribution in [0.1, 0.15) is 6.92 Å². The number of benzene rings is 1. The highest BCUT2D eigenvalue weighted by molar-refractivity contribution is 9.10.